The standard InChI is InChI=1S/C21H23NO4/c23-20(24)19-9-5-4-8-18(19)14-16-10-12-22(13-11-16)21(25)26-15-17-6-2-1-3-7-17/h1-9,16H,10-15H2,(H,23,24). The van der Waals surface area contributed by atoms with Gasteiger partial charge in [-0.25, -0.2) is 9.59 Å². The lowest BCUT2D eigenvalue weighted by molar-refractivity contribution is 0.0695. The summed E-state index contributed by atoms with van der Waals surface area (Å²) in [5, 5.41) is 9.29. The van der Waals surface area contributed by atoms with Gasteiger partial charge in [-0.2, -0.15) is 0 Å². The lowest BCUT2D eigenvalue weighted by atomic mass is 9.88. The van der Waals surface area contributed by atoms with Gasteiger partial charge in [0.05, 0.1) is 5.56 Å². The van der Waals surface area contributed by atoms with Crippen LogP contribution in [0.5, 0.6) is 0 Å². The smallest absolute Gasteiger partial charge is 0.410 e. The second-order valence-corrected chi connectivity index (χ2v) is 6.64. The largest absolute Gasteiger partial charge is 0.478 e. The number of carbonyl (C=O) groups excluding carboxylic acids is 1. The van der Waals surface area contributed by atoms with Crippen molar-refractivity contribution in [2.45, 2.75) is 25.9 Å². The minimum atomic E-state index is -0.887. The number of piperidine rings is 1. The summed E-state index contributed by atoms with van der Waals surface area (Å²) in [6, 6.07) is 16.8. The highest BCUT2D eigenvalue weighted by Crippen LogP contribution is 2.24. The average molecular weight is 353 g/mol. The van der Waals surface area contributed by atoms with Gasteiger partial charge in [0.1, 0.15) is 6.61 Å². The third-order valence-electron chi connectivity index (χ3n) is 4.83. The van der Waals surface area contributed by atoms with Crippen LogP contribution in [-0.4, -0.2) is 35.2 Å². The van der Waals surface area contributed by atoms with Gasteiger partial charge in [-0.3, -0.25) is 0 Å². The van der Waals surface area contributed by atoms with Gasteiger partial charge in [-0.1, -0.05) is 48.5 Å². The Morgan fingerprint density at radius 2 is 1.65 bits per heavy atom. The third-order valence-corrected chi connectivity index (χ3v) is 4.83. The van der Waals surface area contributed by atoms with Crippen LogP contribution < -0.4 is 0 Å². The molecule has 2 aromatic carbocycles. The number of carboxylic acid groups (broad SMARTS) is 1. The van der Waals surface area contributed by atoms with E-state index in [0.717, 1.165) is 30.4 Å². The molecule has 1 aliphatic rings. The summed E-state index contributed by atoms with van der Waals surface area (Å²) < 4.78 is 5.38. The number of ether oxygens (including phenoxy) is 1. The van der Waals surface area contributed by atoms with E-state index in [9.17, 15) is 14.7 Å². The van der Waals surface area contributed by atoms with Gasteiger partial charge >= 0.3 is 12.1 Å². The molecule has 0 bridgehead atoms. The number of carbonyl (C=O) groups is 2. The number of carboxylic acids is 1. The fourth-order valence-corrected chi connectivity index (χ4v) is 3.35. The Labute approximate surface area is 153 Å². The van der Waals surface area contributed by atoms with E-state index in [-0.39, 0.29) is 12.7 Å². The van der Waals surface area contributed by atoms with Crippen LogP contribution in [0.1, 0.15) is 34.3 Å². The molecule has 1 saturated heterocycles. The van der Waals surface area contributed by atoms with Crippen LogP contribution in [0.25, 0.3) is 0 Å². The number of nitrogens with zero attached hydrogens (tertiary/aromatic N) is 1. The van der Waals surface area contributed by atoms with Crippen molar-refractivity contribution in [3.8, 4) is 0 Å². The maximum absolute atomic E-state index is 12.2. The molecule has 1 N–H and O–H groups in total. The summed E-state index contributed by atoms with van der Waals surface area (Å²) in [6.07, 6.45) is 2.16. The lowest BCUT2D eigenvalue weighted by Crippen LogP contribution is -2.39. The minimum Gasteiger partial charge on any atom is -0.478 e. The molecule has 0 spiro atoms. The van der Waals surface area contributed by atoms with Crippen LogP contribution in [-0.2, 0) is 17.8 Å². The molecule has 0 atom stereocenters. The van der Waals surface area contributed by atoms with Crippen LogP contribution in [0.2, 0.25) is 0 Å². The third kappa shape index (κ3) is 4.63. The molecule has 0 radical (unpaired) electrons. The first-order valence-corrected chi connectivity index (χ1v) is 8.90. The molecular weight excluding hydrogens is 330 g/mol. The summed E-state index contributed by atoms with van der Waals surface area (Å²) in [6.45, 7) is 1.58. The minimum absolute atomic E-state index is 0.279. The van der Waals surface area contributed by atoms with Gasteiger partial charge in [0.25, 0.3) is 0 Å². The van der Waals surface area contributed by atoms with Gasteiger partial charge in [0.2, 0.25) is 0 Å². The Morgan fingerprint density at radius 3 is 2.35 bits per heavy atom. The van der Waals surface area contributed by atoms with Crippen LogP contribution in [0.4, 0.5) is 4.79 Å². The Balaban J connectivity index is 1.48. The van der Waals surface area contributed by atoms with E-state index in [1.807, 2.05) is 42.5 Å². The molecule has 136 valence electrons. The first-order chi connectivity index (χ1) is 12.6. The van der Waals surface area contributed by atoms with Crippen LogP contribution in [0.3, 0.4) is 0 Å². The first-order valence-electron chi connectivity index (χ1n) is 8.90. The Hall–Kier alpha value is -2.82. The van der Waals surface area contributed by atoms with Crippen molar-refractivity contribution in [1.29, 1.82) is 0 Å². The fourth-order valence-electron chi connectivity index (χ4n) is 3.35. The number of hydrogen-bond donors (Lipinski definition) is 1. The Kier molecular flexibility index (Phi) is 5.89. The van der Waals surface area contributed by atoms with Crippen molar-refractivity contribution in [2.24, 2.45) is 5.92 Å². The highest BCUT2D eigenvalue weighted by atomic mass is 16.6. The fraction of sp³-hybridized carbons (Fsp3) is 0.333. The molecule has 1 heterocycles. The normalized spacial score (nSPS) is 14.8. The zero-order valence-corrected chi connectivity index (χ0v) is 14.6. The van der Waals surface area contributed by atoms with Crippen molar-refractivity contribution in [1.82, 2.24) is 4.90 Å². The maximum atomic E-state index is 12.2. The van der Waals surface area contributed by atoms with Crippen molar-refractivity contribution in [3.05, 3.63) is 71.3 Å². The van der Waals surface area contributed by atoms with Crippen molar-refractivity contribution in [2.75, 3.05) is 13.1 Å². The molecule has 3 rings (SSSR count). The predicted molar refractivity (Wildman–Crippen MR) is 98.0 cm³/mol. The van der Waals surface area contributed by atoms with E-state index in [4.69, 9.17) is 4.74 Å². The second-order valence-electron chi connectivity index (χ2n) is 6.64. The number of amides is 1. The molecule has 0 aromatic heterocycles. The molecule has 0 unspecified atom stereocenters. The molecule has 1 aliphatic heterocycles. The van der Waals surface area contributed by atoms with Crippen molar-refractivity contribution in [3.63, 3.8) is 0 Å². The molecule has 1 amide bonds. The summed E-state index contributed by atoms with van der Waals surface area (Å²) in [5.74, 6) is -0.504. The van der Waals surface area contributed by atoms with Gasteiger partial charge in [0, 0.05) is 13.1 Å². The van der Waals surface area contributed by atoms with Gasteiger partial charge in [0.15, 0.2) is 0 Å². The molecule has 2 aromatic rings. The zero-order chi connectivity index (χ0) is 18.4. The second kappa shape index (κ2) is 8.52. The van der Waals surface area contributed by atoms with E-state index in [0.29, 0.717) is 24.6 Å². The van der Waals surface area contributed by atoms with Gasteiger partial charge in [-0.15, -0.1) is 0 Å². The SMILES string of the molecule is O=C(O)c1ccccc1CC1CCN(C(=O)OCc2ccccc2)CC1. The summed E-state index contributed by atoms with van der Waals surface area (Å²) in [7, 11) is 0. The Bertz CT molecular complexity index is 752. The average Bonchev–Trinajstić information content (AvgIpc) is 2.68. The molecule has 5 heteroatoms. The number of likely N-dealkylation sites (tertiary alicyclic amines) is 1. The highest BCUT2D eigenvalue weighted by molar-refractivity contribution is 5.89. The molecular formula is C21H23NO4. The molecule has 26 heavy (non-hydrogen) atoms. The molecule has 0 aliphatic carbocycles. The summed E-state index contributed by atoms with van der Waals surface area (Å²) in [5.41, 5.74) is 2.21. The quantitative estimate of drug-likeness (QED) is 0.883. The maximum Gasteiger partial charge on any atom is 0.410 e. The van der Waals surface area contributed by atoms with E-state index in [1.165, 1.54) is 0 Å². The summed E-state index contributed by atoms with van der Waals surface area (Å²) in [4.78, 5) is 25.3. The molecule has 5 nitrogen and oxygen atoms in total. The van der Waals surface area contributed by atoms with Crippen molar-refractivity contribution < 1.29 is 19.4 Å². The topological polar surface area (TPSA) is 66.8 Å². The monoisotopic (exact) mass is 353 g/mol. The van der Waals surface area contributed by atoms with E-state index in [2.05, 4.69) is 0 Å². The first kappa shape index (κ1) is 18.0. The van der Waals surface area contributed by atoms with E-state index >= 15 is 0 Å². The lowest BCUT2D eigenvalue weighted by Gasteiger charge is -2.31. The van der Waals surface area contributed by atoms with E-state index < -0.39 is 5.97 Å². The van der Waals surface area contributed by atoms with Crippen molar-refractivity contribution >= 4 is 12.1 Å². The zero-order valence-electron chi connectivity index (χ0n) is 14.6. The van der Waals surface area contributed by atoms with Crippen LogP contribution in [0, 0.1) is 5.92 Å². The Morgan fingerprint density at radius 1 is 1.00 bits per heavy atom. The van der Waals surface area contributed by atoms with E-state index in [1.54, 1.807) is 17.0 Å². The molecule has 0 saturated carbocycles. The predicted octanol–water partition coefficient (Wildman–Crippen LogP) is 3.98. The van der Waals surface area contributed by atoms with Crippen LogP contribution >= 0.6 is 0 Å². The van der Waals surface area contributed by atoms with Crippen LogP contribution in [0.15, 0.2) is 54.6 Å². The number of aromatic carboxylic acids is 1. The number of rotatable bonds is 5. The summed E-state index contributed by atoms with van der Waals surface area (Å²) >= 11 is 0. The van der Waals surface area contributed by atoms with Gasteiger partial charge < -0.3 is 14.7 Å². The van der Waals surface area contributed by atoms with Gasteiger partial charge in [-0.05, 0) is 42.4 Å². The number of hydrogen-bond acceptors (Lipinski definition) is 3. The highest BCUT2D eigenvalue weighted by Gasteiger charge is 2.25. The number of benzene rings is 2. The molecule has 1 fully saturated rings.